The Labute approximate surface area is 161 Å². The second kappa shape index (κ2) is 8.00. The Kier molecular flexibility index (Phi) is 5.49. The fourth-order valence-corrected chi connectivity index (χ4v) is 2.98. The van der Waals surface area contributed by atoms with Gasteiger partial charge in [-0.15, -0.1) is 0 Å². The maximum Gasteiger partial charge on any atom is 0.252 e. The lowest BCUT2D eigenvalue weighted by Crippen LogP contribution is -2.37. The van der Waals surface area contributed by atoms with Gasteiger partial charge in [0.05, 0.1) is 0 Å². The average molecular weight is 380 g/mol. The van der Waals surface area contributed by atoms with Gasteiger partial charge in [-0.2, -0.15) is 0 Å². The fourth-order valence-electron chi connectivity index (χ4n) is 2.98. The van der Waals surface area contributed by atoms with Crippen LogP contribution in [0, 0.1) is 18.6 Å². The first-order valence-corrected chi connectivity index (χ1v) is 8.58. The molecule has 6 heteroatoms. The fraction of sp³-hybridized carbons (Fsp3) is 0.0909. The summed E-state index contributed by atoms with van der Waals surface area (Å²) in [5.41, 5.74) is 7.33. The first-order chi connectivity index (χ1) is 13.4. The zero-order valence-corrected chi connectivity index (χ0v) is 15.1. The number of amides is 2. The van der Waals surface area contributed by atoms with Gasteiger partial charge in [0.1, 0.15) is 17.7 Å². The third-order valence-corrected chi connectivity index (χ3v) is 4.40. The molecule has 4 nitrogen and oxygen atoms in total. The first-order valence-electron chi connectivity index (χ1n) is 8.58. The molecule has 0 saturated heterocycles. The highest BCUT2D eigenvalue weighted by molar-refractivity contribution is 5.98. The summed E-state index contributed by atoms with van der Waals surface area (Å²) in [6, 6.07) is 15.5. The van der Waals surface area contributed by atoms with Gasteiger partial charge in [0.2, 0.25) is 5.91 Å². The molecule has 0 saturated carbocycles. The molecule has 0 aliphatic rings. The van der Waals surface area contributed by atoms with E-state index in [1.165, 1.54) is 30.3 Å². The zero-order valence-electron chi connectivity index (χ0n) is 15.1. The second-order valence-corrected chi connectivity index (χ2v) is 6.37. The first kappa shape index (κ1) is 19.2. The van der Waals surface area contributed by atoms with Crippen molar-refractivity contribution in [3.8, 4) is 11.1 Å². The number of benzene rings is 3. The van der Waals surface area contributed by atoms with E-state index >= 15 is 0 Å². The Morgan fingerprint density at radius 1 is 0.929 bits per heavy atom. The molecule has 0 heterocycles. The van der Waals surface area contributed by atoms with Crippen LogP contribution in [0.3, 0.4) is 0 Å². The van der Waals surface area contributed by atoms with Crippen LogP contribution in [0.25, 0.3) is 11.1 Å². The molecule has 1 atom stereocenters. The van der Waals surface area contributed by atoms with E-state index in [9.17, 15) is 18.4 Å². The van der Waals surface area contributed by atoms with Crippen molar-refractivity contribution < 1.29 is 18.4 Å². The number of nitrogens with two attached hydrogens (primary N) is 1. The summed E-state index contributed by atoms with van der Waals surface area (Å²) in [6.45, 7) is 1.68. The Morgan fingerprint density at radius 3 is 2.21 bits per heavy atom. The largest absolute Gasteiger partial charge is 0.368 e. The normalized spacial score (nSPS) is 11.7. The predicted molar refractivity (Wildman–Crippen MR) is 102 cm³/mol. The average Bonchev–Trinajstić information content (AvgIpc) is 2.67. The van der Waals surface area contributed by atoms with Crippen LogP contribution in [-0.2, 0) is 4.79 Å². The summed E-state index contributed by atoms with van der Waals surface area (Å²) in [6.07, 6.45) is 0. The number of carbonyl (C=O) groups is 2. The minimum atomic E-state index is -1.03. The predicted octanol–water partition coefficient (Wildman–Crippen LogP) is 3.90. The van der Waals surface area contributed by atoms with Crippen molar-refractivity contribution in [1.29, 1.82) is 0 Å². The second-order valence-electron chi connectivity index (χ2n) is 6.37. The highest BCUT2D eigenvalue weighted by atomic mass is 19.1. The molecule has 0 aliphatic heterocycles. The van der Waals surface area contributed by atoms with Crippen molar-refractivity contribution in [1.82, 2.24) is 5.32 Å². The van der Waals surface area contributed by atoms with Gasteiger partial charge in [0.15, 0.2) is 0 Å². The number of aryl methyl sites for hydroxylation is 1. The number of hydrogen-bond acceptors (Lipinski definition) is 2. The van der Waals surface area contributed by atoms with Gasteiger partial charge in [-0.1, -0.05) is 42.5 Å². The van der Waals surface area contributed by atoms with Gasteiger partial charge in [-0.05, 0) is 47.9 Å². The van der Waals surface area contributed by atoms with Crippen LogP contribution in [0.5, 0.6) is 0 Å². The third-order valence-electron chi connectivity index (χ3n) is 4.40. The van der Waals surface area contributed by atoms with Crippen LogP contribution in [0.15, 0.2) is 66.7 Å². The molecule has 0 radical (unpaired) electrons. The monoisotopic (exact) mass is 380 g/mol. The molecule has 0 bridgehead atoms. The molecular weight excluding hydrogens is 362 g/mol. The lowest BCUT2D eigenvalue weighted by Gasteiger charge is -2.16. The Morgan fingerprint density at radius 2 is 1.61 bits per heavy atom. The zero-order chi connectivity index (χ0) is 20.3. The summed E-state index contributed by atoms with van der Waals surface area (Å²) < 4.78 is 27.9. The van der Waals surface area contributed by atoms with Crippen LogP contribution in [-0.4, -0.2) is 11.8 Å². The van der Waals surface area contributed by atoms with Gasteiger partial charge < -0.3 is 11.1 Å². The maximum atomic E-state index is 14.6. The number of halogens is 2. The van der Waals surface area contributed by atoms with E-state index in [0.29, 0.717) is 16.7 Å². The van der Waals surface area contributed by atoms with E-state index in [2.05, 4.69) is 5.32 Å². The van der Waals surface area contributed by atoms with Gasteiger partial charge in [-0.3, -0.25) is 9.59 Å². The third kappa shape index (κ3) is 4.06. The molecule has 0 aromatic heterocycles. The summed E-state index contributed by atoms with van der Waals surface area (Å²) in [7, 11) is 0. The molecule has 0 aliphatic carbocycles. The summed E-state index contributed by atoms with van der Waals surface area (Å²) in [4.78, 5) is 24.2. The number of carbonyl (C=O) groups excluding carboxylic acids is 2. The van der Waals surface area contributed by atoms with Crippen molar-refractivity contribution in [2.75, 3.05) is 0 Å². The van der Waals surface area contributed by atoms with Gasteiger partial charge >= 0.3 is 0 Å². The lowest BCUT2D eigenvalue weighted by molar-refractivity contribution is -0.120. The minimum Gasteiger partial charge on any atom is -0.368 e. The topological polar surface area (TPSA) is 72.2 Å². The van der Waals surface area contributed by atoms with Crippen LogP contribution in [0.4, 0.5) is 8.78 Å². The lowest BCUT2D eigenvalue weighted by atomic mass is 9.98. The van der Waals surface area contributed by atoms with Gasteiger partial charge in [0.25, 0.3) is 5.91 Å². The maximum absolute atomic E-state index is 14.6. The van der Waals surface area contributed by atoms with E-state index in [0.717, 1.165) is 6.07 Å². The van der Waals surface area contributed by atoms with Crippen molar-refractivity contribution in [3.63, 3.8) is 0 Å². The number of primary amides is 1. The number of rotatable bonds is 5. The molecule has 1 unspecified atom stereocenters. The van der Waals surface area contributed by atoms with E-state index in [4.69, 9.17) is 5.73 Å². The van der Waals surface area contributed by atoms with Crippen molar-refractivity contribution in [2.45, 2.75) is 13.0 Å². The molecule has 142 valence electrons. The van der Waals surface area contributed by atoms with Crippen LogP contribution >= 0.6 is 0 Å². The van der Waals surface area contributed by atoms with E-state index in [-0.39, 0.29) is 11.1 Å². The molecule has 3 rings (SSSR count). The van der Waals surface area contributed by atoms with Crippen LogP contribution < -0.4 is 11.1 Å². The number of nitrogens with one attached hydrogen (secondary N) is 1. The highest BCUT2D eigenvalue weighted by Gasteiger charge is 2.21. The SMILES string of the molecule is Cc1cc(F)ccc1-c1ccc(C(=O)NC(C(N)=O)c2ccccc2)cc1F. The van der Waals surface area contributed by atoms with E-state index in [1.807, 2.05) is 0 Å². The highest BCUT2D eigenvalue weighted by Crippen LogP contribution is 2.27. The summed E-state index contributed by atoms with van der Waals surface area (Å²) >= 11 is 0. The Balaban J connectivity index is 1.87. The number of hydrogen-bond donors (Lipinski definition) is 2. The van der Waals surface area contributed by atoms with E-state index < -0.39 is 29.5 Å². The van der Waals surface area contributed by atoms with Crippen LogP contribution in [0.2, 0.25) is 0 Å². The molecule has 2 amide bonds. The molecule has 3 N–H and O–H groups in total. The molecule has 0 fully saturated rings. The van der Waals surface area contributed by atoms with Crippen molar-refractivity contribution in [3.05, 3.63) is 95.1 Å². The van der Waals surface area contributed by atoms with Crippen molar-refractivity contribution in [2.24, 2.45) is 5.73 Å². The molecule has 28 heavy (non-hydrogen) atoms. The summed E-state index contributed by atoms with van der Waals surface area (Å²) in [5, 5.41) is 2.52. The van der Waals surface area contributed by atoms with Gasteiger partial charge in [-0.25, -0.2) is 8.78 Å². The van der Waals surface area contributed by atoms with Crippen LogP contribution in [0.1, 0.15) is 27.5 Å². The molecule has 3 aromatic rings. The van der Waals surface area contributed by atoms with Crippen molar-refractivity contribution >= 4 is 11.8 Å². The smallest absolute Gasteiger partial charge is 0.252 e. The molecule has 3 aromatic carbocycles. The molecule has 0 spiro atoms. The molecular formula is C22H18F2N2O2. The Hall–Kier alpha value is -3.54. The standard InChI is InChI=1S/C22H18F2N2O2/c1-13-11-16(23)8-10-17(13)18-9-7-15(12-19(18)24)22(28)26-20(21(25)27)14-5-3-2-4-6-14/h2-12,20H,1H3,(H2,25,27)(H,26,28). The summed E-state index contributed by atoms with van der Waals surface area (Å²) in [5.74, 6) is -2.39. The quantitative estimate of drug-likeness (QED) is 0.705. The van der Waals surface area contributed by atoms with E-state index in [1.54, 1.807) is 37.3 Å². The van der Waals surface area contributed by atoms with Gasteiger partial charge in [0, 0.05) is 11.1 Å². The minimum absolute atomic E-state index is 0.0446. The Bertz CT molecular complexity index is 1040.